The predicted molar refractivity (Wildman–Crippen MR) is 128 cm³/mol. The van der Waals surface area contributed by atoms with E-state index in [9.17, 15) is 19.0 Å². The molecule has 0 spiro atoms. The van der Waals surface area contributed by atoms with Crippen LogP contribution in [0.3, 0.4) is 0 Å². The van der Waals surface area contributed by atoms with E-state index in [1.165, 1.54) is 6.92 Å². The van der Waals surface area contributed by atoms with E-state index in [1.54, 1.807) is 0 Å². The van der Waals surface area contributed by atoms with Gasteiger partial charge in [0, 0.05) is 18.5 Å². The third-order valence-corrected chi connectivity index (χ3v) is 7.09. The van der Waals surface area contributed by atoms with Crippen molar-refractivity contribution in [2.75, 3.05) is 6.16 Å². The molecule has 2 aromatic rings. The second-order valence-electron chi connectivity index (χ2n) is 7.60. The number of nitrogens with two attached hydrogens (primary N) is 3. The molecule has 0 aliphatic rings. The first kappa shape index (κ1) is 28.9. The summed E-state index contributed by atoms with van der Waals surface area (Å²) in [5, 5.41) is 8.96. The van der Waals surface area contributed by atoms with E-state index in [1.807, 2.05) is 54.6 Å². The average molecular weight is 499 g/mol. The number of carboxylic acids is 1. The van der Waals surface area contributed by atoms with Crippen LogP contribution in [0.4, 0.5) is 0 Å². The largest absolute Gasteiger partial charge is 0.480 e. The van der Waals surface area contributed by atoms with Crippen molar-refractivity contribution in [1.29, 1.82) is 0 Å². The van der Waals surface area contributed by atoms with Gasteiger partial charge in [0.05, 0.1) is 5.78 Å². The van der Waals surface area contributed by atoms with Gasteiger partial charge in [0.2, 0.25) is 7.37 Å². The summed E-state index contributed by atoms with van der Waals surface area (Å²) in [5.41, 5.74) is 18.2. The van der Waals surface area contributed by atoms with Crippen LogP contribution in [0.15, 0.2) is 54.6 Å². The fraction of sp³-hybridized carbons (Fsp3) is 0.333. The summed E-state index contributed by atoms with van der Waals surface area (Å²) in [6.07, 6.45) is -0.505. The van der Waals surface area contributed by atoms with Crippen LogP contribution in [0.2, 0.25) is 0 Å². The van der Waals surface area contributed by atoms with Crippen molar-refractivity contribution in [2.24, 2.45) is 22.9 Å². The molecule has 9 N–H and O–H groups in total. The maximum Gasteiger partial charge on any atom is 0.320 e. The van der Waals surface area contributed by atoms with Gasteiger partial charge in [-0.1, -0.05) is 54.6 Å². The van der Waals surface area contributed by atoms with Crippen LogP contribution in [0, 0.1) is 5.92 Å². The van der Waals surface area contributed by atoms with Crippen molar-refractivity contribution in [3.8, 4) is 11.1 Å². The van der Waals surface area contributed by atoms with Crippen molar-refractivity contribution >= 4 is 27.3 Å². The Hall–Kier alpha value is -2.16. The number of carboxylic acid groups (broad SMARTS) is 1. The number of benzene rings is 2. The van der Waals surface area contributed by atoms with Gasteiger partial charge in [-0.2, -0.15) is 0 Å². The molecular formula is C21H31N3O7P2. The standard InChI is InChI=1S/C21H27N2O5P.H4NO2P/c1-14(22)29(27,28)13-18(20(24)12-19(23)21(25)26)11-15-7-9-17(10-8-15)16-5-3-2-4-6-16;1-4(2)3/h2-10,14,18-19H,11-13,22-23H2,1H3,(H,25,26)(H,27,28);4H,(H3,1,2,3)/t14-,18-,19+;/m1./s1. The minimum Gasteiger partial charge on any atom is -0.480 e. The summed E-state index contributed by atoms with van der Waals surface area (Å²) in [7, 11) is -6.40. The molecule has 0 fully saturated rings. The summed E-state index contributed by atoms with van der Waals surface area (Å²) in [4.78, 5) is 41.2. The van der Waals surface area contributed by atoms with Crippen molar-refractivity contribution in [3.63, 3.8) is 0 Å². The van der Waals surface area contributed by atoms with Crippen LogP contribution in [0.5, 0.6) is 0 Å². The van der Waals surface area contributed by atoms with Crippen molar-refractivity contribution in [2.45, 2.75) is 31.6 Å². The molecule has 0 amide bonds. The summed E-state index contributed by atoms with van der Waals surface area (Å²) < 4.78 is 21.4. The Balaban J connectivity index is 0.00000125. The van der Waals surface area contributed by atoms with E-state index >= 15 is 0 Å². The first-order valence-corrected chi connectivity index (χ1v) is 13.4. The van der Waals surface area contributed by atoms with Crippen LogP contribution >= 0.6 is 15.5 Å². The number of Topliss-reactive ketones (excluding diaryl/α,β-unsaturated/α-hetero) is 1. The van der Waals surface area contributed by atoms with Gasteiger partial charge in [0.25, 0.3) is 8.18 Å². The maximum atomic E-state index is 12.6. The highest BCUT2D eigenvalue weighted by Crippen LogP contribution is 2.46. The molecule has 0 heterocycles. The summed E-state index contributed by atoms with van der Waals surface area (Å²) in [6, 6.07) is 16.0. The molecule has 0 aromatic heterocycles. The highest BCUT2D eigenvalue weighted by Gasteiger charge is 2.33. The lowest BCUT2D eigenvalue weighted by molar-refractivity contribution is -0.140. The Morgan fingerprint density at radius 1 is 1.03 bits per heavy atom. The predicted octanol–water partition coefficient (Wildman–Crippen LogP) is 1.79. The lowest BCUT2D eigenvalue weighted by Gasteiger charge is -2.22. The van der Waals surface area contributed by atoms with Gasteiger partial charge in [-0.05, 0) is 30.0 Å². The fourth-order valence-electron chi connectivity index (χ4n) is 2.98. The molecular weight excluding hydrogens is 468 g/mol. The second-order valence-corrected chi connectivity index (χ2v) is 11.0. The Kier molecular flexibility index (Phi) is 11.8. The van der Waals surface area contributed by atoms with Crippen LogP contribution in [-0.2, 0) is 25.1 Å². The minimum absolute atomic E-state index is 0.206. The Bertz CT molecular complexity index is 981. The van der Waals surface area contributed by atoms with Gasteiger partial charge in [0.15, 0.2) is 0 Å². The number of carbonyl (C=O) groups is 2. The third-order valence-electron chi connectivity index (χ3n) is 4.86. The molecule has 10 nitrogen and oxygen atoms in total. The van der Waals surface area contributed by atoms with Crippen LogP contribution < -0.4 is 17.0 Å². The number of hydrogen-bond donors (Lipinski definition) is 6. The Morgan fingerprint density at radius 2 is 1.52 bits per heavy atom. The molecule has 2 rings (SSSR count). The van der Waals surface area contributed by atoms with E-state index in [4.69, 9.17) is 26.0 Å². The number of carbonyl (C=O) groups excluding carboxylic acids is 1. The second kappa shape index (κ2) is 13.5. The van der Waals surface area contributed by atoms with Crippen LogP contribution in [0.1, 0.15) is 18.9 Å². The monoisotopic (exact) mass is 499 g/mol. The molecule has 33 heavy (non-hydrogen) atoms. The molecule has 0 bridgehead atoms. The third kappa shape index (κ3) is 10.5. The molecule has 0 aliphatic heterocycles. The van der Waals surface area contributed by atoms with Gasteiger partial charge in [-0.3, -0.25) is 24.2 Å². The van der Waals surface area contributed by atoms with E-state index in [2.05, 4.69) is 5.50 Å². The summed E-state index contributed by atoms with van der Waals surface area (Å²) >= 11 is 0. The van der Waals surface area contributed by atoms with E-state index in [0.29, 0.717) is 0 Å². The molecule has 12 heteroatoms. The van der Waals surface area contributed by atoms with Gasteiger partial charge in [0.1, 0.15) is 11.8 Å². The van der Waals surface area contributed by atoms with Crippen molar-refractivity contribution < 1.29 is 33.6 Å². The van der Waals surface area contributed by atoms with Gasteiger partial charge in [-0.15, -0.1) is 0 Å². The summed E-state index contributed by atoms with van der Waals surface area (Å²) in [6.45, 7) is 1.42. The number of hydrogen-bond acceptors (Lipinski definition) is 6. The lowest BCUT2D eigenvalue weighted by atomic mass is 9.92. The fourth-order valence-corrected chi connectivity index (χ4v) is 4.28. The SMILES string of the molecule is C[C@H](N)P(=O)(O)C[C@@H](Cc1ccc(-c2ccccc2)cc1)C(=O)C[C@H](N)C(=O)O.N[PH](=O)O. The normalized spacial score (nSPS) is 16.3. The molecule has 2 unspecified atom stereocenters. The molecule has 5 atom stereocenters. The molecule has 182 valence electrons. The molecule has 0 saturated heterocycles. The zero-order valence-electron chi connectivity index (χ0n) is 18.2. The number of rotatable bonds is 10. The lowest BCUT2D eigenvalue weighted by Crippen LogP contribution is -2.36. The number of aliphatic carboxylic acids is 1. The molecule has 0 aliphatic carbocycles. The highest BCUT2D eigenvalue weighted by atomic mass is 31.2. The van der Waals surface area contributed by atoms with Crippen molar-refractivity contribution in [3.05, 3.63) is 60.2 Å². The zero-order chi connectivity index (χ0) is 25.2. The van der Waals surface area contributed by atoms with Gasteiger partial charge in [-0.25, -0.2) is 0 Å². The quantitative estimate of drug-likeness (QED) is 0.261. The minimum atomic E-state index is -3.77. The molecule has 2 aromatic carbocycles. The van der Waals surface area contributed by atoms with Crippen LogP contribution in [-0.4, -0.2) is 44.6 Å². The van der Waals surface area contributed by atoms with Gasteiger partial charge < -0.3 is 26.4 Å². The van der Waals surface area contributed by atoms with E-state index in [0.717, 1.165) is 16.7 Å². The summed E-state index contributed by atoms with van der Waals surface area (Å²) in [5.74, 6) is -3.57. The first-order chi connectivity index (χ1) is 15.3. The Morgan fingerprint density at radius 3 is 1.97 bits per heavy atom. The van der Waals surface area contributed by atoms with Crippen molar-refractivity contribution in [1.82, 2.24) is 0 Å². The van der Waals surface area contributed by atoms with E-state index in [-0.39, 0.29) is 12.6 Å². The van der Waals surface area contributed by atoms with Gasteiger partial charge >= 0.3 is 5.97 Å². The number of ketones is 1. The van der Waals surface area contributed by atoms with Crippen LogP contribution in [0.25, 0.3) is 11.1 Å². The maximum absolute atomic E-state index is 12.6. The highest BCUT2D eigenvalue weighted by molar-refractivity contribution is 7.58. The molecule has 0 saturated carbocycles. The average Bonchev–Trinajstić information content (AvgIpc) is 2.73. The topological polar surface area (TPSA) is 207 Å². The Labute approximate surface area is 193 Å². The smallest absolute Gasteiger partial charge is 0.320 e. The van der Waals surface area contributed by atoms with E-state index < -0.39 is 51.5 Å². The first-order valence-electron chi connectivity index (χ1n) is 10.0. The molecule has 0 radical (unpaired) electrons. The zero-order valence-corrected chi connectivity index (χ0v) is 20.1.